The van der Waals surface area contributed by atoms with Crippen LogP contribution in [0.25, 0.3) is 11.0 Å². The van der Waals surface area contributed by atoms with Gasteiger partial charge in [0.05, 0.1) is 11.8 Å². The number of benzene rings is 1. The Balaban J connectivity index is 1.94. The number of fused-ring (bicyclic) bond motifs is 1. The van der Waals surface area contributed by atoms with Gasteiger partial charge in [-0.25, -0.2) is 4.79 Å². The summed E-state index contributed by atoms with van der Waals surface area (Å²) in [4.78, 5) is 35.4. The number of carbonyl (C=O) groups excluding carboxylic acids is 2. The number of phenols is 1. The number of phenolic OH excluding ortho intramolecular Hbond substituents is 1. The number of carbonyl (C=O) groups is 2. The molecule has 2 rings (SSSR count). The molecule has 26 heavy (non-hydrogen) atoms. The molecular weight excluding hydrogens is 340 g/mol. The smallest absolute Gasteiger partial charge is 0.336 e. The molecule has 0 saturated carbocycles. The molecule has 1 N–H and O–H groups in total. The zero-order chi connectivity index (χ0) is 19.3. The van der Waals surface area contributed by atoms with E-state index in [1.807, 2.05) is 6.92 Å². The summed E-state index contributed by atoms with van der Waals surface area (Å²) in [5, 5.41) is 10.00. The highest BCUT2D eigenvalue weighted by atomic mass is 16.6. The molecule has 0 fully saturated rings. The summed E-state index contributed by atoms with van der Waals surface area (Å²) in [6.45, 7) is 5.36. The van der Waals surface area contributed by atoms with Crippen molar-refractivity contribution in [1.29, 1.82) is 0 Å². The third-order valence-corrected chi connectivity index (χ3v) is 4.16. The second-order valence-electron chi connectivity index (χ2n) is 6.54. The van der Waals surface area contributed by atoms with E-state index in [1.165, 1.54) is 18.2 Å². The summed E-state index contributed by atoms with van der Waals surface area (Å²) >= 11 is 0. The van der Waals surface area contributed by atoms with Gasteiger partial charge in [0.2, 0.25) is 0 Å². The Labute approximate surface area is 150 Å². The summed E-state index contributed by atoms with van der Waals surface area (Å²) in [5.41, 5.74) is -0.574. The Hall–Kier alpha value is -2.83. The molecule has 0 spiro atoms. The van der Waals surface area contributed by atoms with Gasteiger partial charge in [-0.3, -0.25) is 9.59 Å². The van der Waals surface area contributed by atoms with Crippen LogP contribution in [0.3, 0.4) is 0 Å². The first-order chi connectivity index (χ1) is 12.2. The predicted molar refractivity (Wildman–Crippen MR) is 93.8 cm³/mol. The molecule has 1 aromatic carbocycles. The van der Waals surface area contributed by atoms with Gasteiger partial charge >= 0.3 is 17.6 Å². The van der Waals surface area contributed by atoms with E-state index in [-0.39, 0.29) is 36.9 Å². The average Bonchev–Trinajstić information content (AvgIpc) is 2.57. The van der Waals surface area contributed by atoms with E-state index in [0.29, 0.717) is 17.4 Å². The highest BCUT2D eigenvalue weighted by Gasteiger charge is 2.26. The highest BCUT2D eigenvalue weighted by Crippen LogP contribution is 2.23. The molecule has 0 aliphatic carbocycles. The van der Waals surface area contributed by atoms with Crippen molar-refractivity contribution < 1.29 is 28.6 Å². The Morgan fingerprint density at radius 2 is 1.85 bits per heavy atom. The summed E-state index contributed by atoms with van der Waals surface area (Å²) in [6, 6.07) is 5.52. The molecule has 2 aromatic rings. The fourth-order valence-electron chi connectivity index (χ4n) is 2.20. The van der Waals surface area contributed by atoms with Crippen LogP contribution >= 0.6 is 0 Å². The molecule has 0 saturated heterocycles. The fourth-order valence-corrected chi connectivity index (χ4v) is 2.20. The van der Waals surface area contributed by atoms with Crippen molar-refractivity contribution in [3.8, 4) is 5.75 Å². The zero-order valence-electron chi connectivity index (χ0n) is 15.0. The topological polar surface area (TPSA) is 103 Å². The first kappa shape index (κ1) is 19.5. The van der Waals surface area contributed by atoms with Gasteiger partial charge in [0.15, 0.2) is 0 Å². The van der Waals surface area contributed by atoms with Gasteiger partial charge in [-0.05, 0) is 38.0 Å². The summed E-state index contributed by atoms with van der Waals surface area (Å²) in [7, 11) is 0. The minimum Gasteiger partial charge on any atom is -0.508 e. The van der Waals surface area contributed by atoms with Crippen LogP contribution in [-0.2, 0) is 25.5 Å². The van der Waals surface area contributed by atoms with Crippen LogP contribution in [0.2, 0.25) is 0 Å². The summed E-state index contributed by atoms with van der Waals surface area (Å²) in [5.74, 6) is -0.949. The van der Waals surface area contributed by atoms with E-state index in [2.05, 4.69) is 0 Å². The van der Waals surface area contributed by atoms with Crippen molar-refractivity contribution in [3.63, 3.8) is 0 Å². The maximum Gasteiger partial charge on any atom is 0.336 e. The van der Waals surface area contributed by atoms with Crippen LogP contribution in [0.15, 0.2) is 33.5 Å². The normalized spacial score (nSPS) is 11.3. The number of ether oxygens (including phenoxy) is 2. The van der Waals surface area contributed by atoms with Crippen molar-refractivity contribution >= 4 is 22.9 Å². The maximum absolute atomic E-state index is 12.0. The van der Waals surface area contributed by atoms with Crippen molar-refractivity contribution in [3.05, 3.63) is 40.2 Å². The van der Waals surface area contributed by atoms with E-state index in [4.69, 9.17) is 13.9 Å². The zero-order valence-corrected chi connectivity index (χ0v) is 15.0. The molecule has 0 amide bonds. The van der Waals surface area contributed by atoms with Gasteiger partial charge in [0.25, 0.3) is 0 Å². The standard InChI is InChI=1S/C19H22O7/c1-4-19(2,3)18(23)25-8-7-24-16(21)9-12-10-17(22)26-15-11-13(20)5-6-14(12)15/h5-6,10-11,20H,4,7-9H2,1-3H3. The van der Waals surface area contributed by atoms with Gasteiger partial charge < -0.3 is 19.0 Å². The Morgan fingerprint density at radius 1 is 1.15 bits per heavy atom. The minimum absolute atomic E-state index is 0.0282. The number of esters is 2. The molecule has 1 heterocycles. The molecule has 140 valence electrons. The lowest BCUT2D eigenvalue weighted by Crippen LogP contribution is -2.27. The molecule has 0 bridgehead atoms. The monoisotopic (exact) mass is 362 g/mol. The number of aromatic hydroxyl groups is 1. The van der Waals surface area contributed by atoms with Crippen molar-refractivity contribution in [2.75, 3.05) is 13.2 Å². The third-order valence-electron chi connectivity index (χ3n) is 4.16. The quantitative estimate of drug-likeness (QED) is 0.459. The number of hydrogen-bond acceptors (Lipinski definition) is 7. The van der Waals surface area contributed by atoms with Crippen LogP contribution in [0.4, 0.5) is 0 Å². The first-order valence-corrected chi connectivity index (χ1v) is 8.31. The highest BCUT2D eigenvalue weighted by molar-refractivity contribution is 5.85. The van der Waals surface area contributed by atoms with Gasteiger partial charge in [-0.2, -0.15) is 0 Å². The second kappa shape index (κ2) is 8.03. The van der Waals surface area contributed by atoms with Gasteiger partial charge in [0, 0.05) is 17.5 Å². The van der Waals surface area contributed by atoms with Crippen LogP contribution in [0, 0.1) is 5.41 Å². The molecule has 0 unspecified atom stereocenters. The third kappa shape index (κ3) is 4.84. The molecule has 0 aliphatic rings. The Morgan fingerprint density at radius 3 is 2.54 bits per heavy atom. The SMILES string of the molecule is CCC(C)(C)C(=O)OCCOC(=O)Cc1cc(=O)oc2cc(O)ccc12. The van der Waals surface area contributed by atoms with E-state index in [9.17, 15) is 19.5 Å². The number of hydrogen-bond donors (Lipinski definition) is 1. The fraction of sp³-hybridized carbons (Fsp3) is 0.421. The molecule has 0 aliphatic heterocycles. The molecular formula is C19H22O7. The van der Waals surface area contributed by atoms with E-state index < -0.39 is 17.0 Å². The van der Waals surface area contributed by atoms with Crippen LogP contribution in [0.5, 0.6) is 5.75 Å². The lowest BCUT2D eigenvalue weighted by molar-refractivity contribution is -0.159. The lowest BCUT2D eigenvalue weighted by atomic mass is 9.91. The van der Waals surface area contributed by atoms with E-state index in [1.54, 1.807) is 19.9 Å². The van der Waals surface area contributed by atoms with Crippen molar-refractivity contribution in [2.45, 2.75) is 33.6 Å². The van der Waals surface area contributed by atoms with Crippen LogP contribution in [0.1, 0.15) is 32.8 Å². The van der Waals surface area contributed by atoms with Crippen LogP contribution < -0.4 is 5.63 Å². The minimum atomic E-state index is -0.623. The summed E-state index contributed by atoms with van der Waals surface area (Å²) in [6.07, 6.45) is 0.506. The van der Waals surface area contributed by atoms with E-state index in [0.717, 1.165) is 0 Å². The molecule has 0 radical (unpaired) electrons. The molecule has 7 nitrogen and oxygen atoms in total. The number of rotatable bonds is 7. The maximum atomic E-state index is 12.0. The Kier molecular flexibility index (Phi) is 6.02. The molecule has 7 heteroatoms. The lowest BCUT2D eigenvalue weighted by Gasteiger charge is -2.20. The van der Waals surface area contributed by atoms with Gasteiger partial charge in [-0.15, -0.1) is 0 Å². The van der Waals surface area contributed by atoms with Crippen molar-refractivity contribution in [1.82, 2.24) is 0 Å². The molecule has 1 aromatic heterocycles. The summed E-state index contributed by atoms with van der Waals surface area (Å²) < 4.78 is 15.2. The van der Waals surface area contributed by atoms with Gasteiger partial charge in [-0.1, -0.05) is 6.92 Å². The predicted octanol–water partition coefficient (Wildman–Crippen LogP) is 2.56. The molecule has 0 atom stereocenters. The average molecular weight is 362 g/mol. The van der Waals surface area contributed by atoms with Crippen molar-refractivity contribution in [2.24, 2.45) is 5.41 Å². The second-order valence-corrected chi connectivity index (χ2v) is 6.54. The van der Waals surface area contributed by atoms with Gasteiger partial charge in [0.1, 0.15) is 24.5 Å². The van der Waals surface area contributed by atoms with Crippen LogP contribution in [-0.4, -0.2) is 30.3 Å². The Bertz CT molecular complexity index is 864. The first-order valence-electron chi connectivity index (χ1n) is 8.31. The largest absolute Gasteiger partial charge is 0.508 e. The van der Waals surface area contributed by atoms with E-state index >= 15 is 0 Å².